The van der Waals surface area contributed by atoms with Gasteiger partial charge in [0, 0.05) is 6.92 Å². The molecule has 0 saturated heterocycles. The first-order valence-corrected chi connectivity index (χ1v) is 6.20. The van der Waals surface area contributed by atoms with Gasteiger partial charge in [0.2, 0.25) is 0 Å². The number of hydrogen-bond acceptors (Lipinski definition) is 0. The zero-order chi connectivity index (χ0) is 11.3. The number of aromatic nitrogens is 2. The summed E-state index contributed by atoms with van der Waals surface area (Å²) in [4.78, 5) is 0. The van der Waals surface area contributed by atoms with E-state index in [1.165, 1.54) is 38.1 Å². The predicted octanol–water partition coefficient (Wildman–Crippen LogP) is 2.84. The largest absolute Gasteiger partial charge is 0.253 e. The van der Waals surface area contributed by atoms with E-state index < -0.39 is 0 Å². The Balaban J connectivity index is 2.54. The van der Waals surface area contributed by atoms with Gasteiger partial charge < -0.3 is 0 Å². The van der Waals surface area contributed by atoms with E-state index in [1.54, 1.807) is 0 Å². The van der Waals surface area contributed by atoms with Gasteiger partial charge in [-0.1, -0.05) is 26.7 Å². The van der Waals surface area contributed by atoms with Crippen LogP contribution in [-0.4, -0.2) is 4.57 Å². The van der Waals surface area contributed by atoms with Gasteiger partial charge in [-0.15, -0.1) is 0 Å². The molecule has 0 bridgehead atoms. The van der Waals surface area contributed by atoms with Crippen LogP contribution in [0.3, 0.4) is 0 Å². The first-order chi connectivity index (χ1) is 7.19. The lowest BCUT2D eigenvalue weighted by atomic mass is 9.99. The van der Waals surface area contributed by atoms with Crippen molar-refractivity contribution in [1.29, 1.82) is 0 Å². The summed E-state index contributed by atoms with van der Waals surface area (Å²) in [5, 5.41) is 0. The highest BCUT2D eigenvalue weighted by molar-refractivity contribution is 4.80. The molecule has 15 heavy (non-hydrogen) atoms. The lowest BCUT2D eigenvalue weighted by molar-refractivity contribution is -0.677. The topological polar surface area (TPSA) is 8.81 Å². The molecule has 1 heterocycles. The van der Waals surface area contributed by atoms with Crippen molar-refractivity contribution in [3.8, 4) is 0 Å². The molecule has 0 spiro atoms. The third-order valence-electron chi connectivity index (χ3n) is 3.39. The number of nitrogens with zero attached hydrogens (tertiary/aromatic N) is 2. The van der Waals surface area contributed by atoms with Crippen molar-refractivity contribution in [3.05, 3.63) is 18.2 Å². The maximum atomic E-state index is 2.38. The lowest BCUT2D eigenvalue weighted by Gasteiger charge is -2.12. The third-order valence-corrected chi connectivity index (χ3v) is 3.39. The second-order valence-electron chi connectivity index (χ2n) is 4.53. The van der Waals surface area contributed by atoms with Crippen molar-refractivity contribution in [3.63, 3.8) is 0 Å². The second-order valence-corrected chi connectivity index (χ2v) is 4.53. The van der Waals surface area contributed by atoms with Crippen LogP contribution >= 0.6 is 0 Å². The Morgan fingerprint density at radius 3 is 2.60 bits per heavy atom. The van der Waals surface area contributed by atoms with Gasteiger partial charge in [0.1, 0.15) is 12.4 Å². The molecular weight excluding hydrogens is 184 g/mol. The molecule has 1 atom stereocenters. The molecule has 2 heteroatoms. The van der Waals surface area contributed by atoms with Crippen molar-refractivity contribution < 1.29 is 4.57 Å². The average Bonchev–Trinajstić information content (AvgIpc) is 2.55. The minimum absolute atomic E-state index is 0.844. The minimum Gasteiger partial charge on any atom is -0.237 e. The number of unbranched alkanes of at least 4 members (excludes halogenated alkanes) is 1. The molecule has 2 nitrogen and oxygen atoms in total. The highest BCUT2D eigenvalue weighted by Crippen LogP contribution is 2.15. The Bertz CT molecular complexity index is 289. The van der Waals surface area contributed by atoms with Gasteiger partial charge in [-0.05, 0) is 18.8 Å². The summed E-state index contributed by atoms with van der Waals surface area (Å²) >= 11 is 0. The van der Waals surface area contributed by atoms with Crippen LogP contribution in [0.5, 0.6) is 0 Å². The van der Waals surface area contributed by atoms with Crippen LogP contribution in [0.4, 0.5) is 0 Å². The van der Waals surface area contributed by atoms with E-state index in [1.807, 2.05) is 0 Å². The van der Waals surface area contributed by atoms with Gasteiger partial charge in [0.15, 0.2) is 0 Å². The molecule has 0 aliphatic heterocycles. The molecule has 0 aromatic carbocycles. The molecule has 0 fully saturated rings. The molecule has 0 saturated carbocycles. The summed E-state index contributed by atoms with van der Waals surface area (Å²) in [6.45, 7) is 7.95. The Morgan fingerprint density at radius 2 is 2.13 bits per heavy atom. The molecule has 86 valence electrons. The number of aryl methyl sites for hydroxylation is 1. The van der Waals surface area contributed by atoms with Crippen molar-refractivity contribution in [2.24, 2.45) is 13.0 Å². The second kappa shape index (κ2) is 5.94. The van der Waals surface area contributed by atoms with Crippen LogP contribution in [-0.2, 0) is 13.6 Å². The highest BCUT2D eigenvalue weighted by Gasteiger charge is 2.14. The van der Waals surface area contributed by atoms with Gasteiger partial charge in [0.05, 0.1) is 13.6 Å². The van der Waals surface area contributed by atoms with E-state index in [0.717, 1.165) is 5.92 Å². The van der Waals surface area contributed by atoms with Crippen LogP contribution in [0, 0.1) is 12.8 Å². The van der Waals surface area contributed by atoms with Gasteiger partial charge in [-0.2, -0.15) is 0 Å². The number of rotatable bonds is 6. The fourth-order valence-corrected chi connectivity index (χ4v) is 1.99. The fourth-order valence-electron chi connectivity index (χ4n) is 1.99. The fraction of sp³-hybridized carbons (Fsp3) is 0.769. The summed E-state index contributed by atoms with van der Waals surface area (Å²) in [5.41, 5.74) is 0. The van der Waals surface area contributed by atoms with Crippen LogP contribution in [0.25, 0.3) is 0 Å². The van der Waals surface area contributed by atoms with Crippen LogP contribution in [0.1, 0.15) is 45.4 Å². The van der Waals surface area contributed by atoms with Crippen molar-refractivity contribution in [2.75, 3.05) is 0 Å². The Labute approximate surface area is 93.9 Å². The Hall–Kier alpha value is -0.790. The predicted molar refractivity (Wildman–Crippen MR) is 63.7 cm³/mol. The number of hydrogen-bond donors (Lipinski definition) is 0. The SMILES string of the molecule is CCCCC(CC)Cn1cc[n+](C)c1C. The molecule has 0 radical (unpaired) electrons. The quantitative estimate of drug-likeness (QED) is 0.637. The Morgan fingerprint density at radius 1 is 1.40 bits per heavy atom. The summed E-state index contributed by atoms with van der Waals surface area (Å²) in [6, 6.07) is 0. The lowest BCUT2D eigenvalue weighted by Crippen LogP contribution is -2.30. The summed E-state index contributed by atoms with van der Waals surface area (Å²) in [6.07, 6.45) is 9.68. The molecule has 1 aromatic heterocycles. The molecule has 0 amide bonds. The van der Waals surface area contributed by atoms with Gasteiger partial charge >= 0.3 is 0 Å². The average molecular weight is 209 g/mol. The monoisotopic (exact) mass is 209 g/mol. The highest BCUT2D eigenvalue weighted by atomic mass is 15.1. The molecule has 0 N–H and O–H groups in total. The normalized spacial score (nSPS) is 13.1. The summed E-state index contributed by atoms with van der Waals surface area (Å²) in [7, 11) is 2.11. The van der Waals surface area contributed by atoms with Crippen molar-refractivity contribution in [2.45, 2.75) is 53.0 Å². The molecule has 0 aliphatic rings. The maximum Gasteiger partial charge on any atom is 0.253 e. The standard InChI is InChI=1S/C13H25N2/c1-5-7-8-13(6-2)11-15-10-9-14(4)12(15)3/h9-10,13H,5-8,11H2,1-4H3/q+1. The third kappa shape index (κ3) is 3.37. The maximum absolute atomic E-state index is 2.38. The first-order valence-electron chi connectivity index (χ1n) is 6.20. The van der Waals surface area contributed by atoms with E-state index in [4.69, 9.17) is 0 Å². The van der Waals surface area contributed by atoms with Crippen molar-refractivity contribution >= 4 is 0 Å². The van der Waals surface area contributed by atoms with E-state index in [9.17, 15) is 0 Å². The van der Waals surface area contributed by atoms with Crippen LogP contribution < -0.4 is 4.57 Å². The molecular formula is C13H25N2+. The molecule has 1 aromatic rings. The number of imidazole rings is 1. The Kier molecular flexibility index (Phi) is 4.86. The smallest absolute Gasteiger partial charge is 0.237 e. The van der Waals surface area contributed by atoms with Gasteiger partial charge in [-0.25, -0.2) is 9.13 Å². The molecule has 1 rings (SSSR count). The van der Waals surface area contributed by atoms with Gasteiger partial charge in [0.25, 0.3) is 5.82 Å². The summed E-state index contributed by atoms with van der Waals surface area (Å²) in [5.74, 6) is 2.20. The zero-order valence-electron chi connectivity index (χ0n) is 10.7. The summed E-state index contributed by atoms with van der Waals surface area (Å²) < 4.78 is 4.57. The van der Waals surface area contributed by atoms with E-state index in [2.05, 4.69) is 49.3 Å². The van der Waals surface area contributed by atoms with Crippen LogP contribution in [0.2, 0.25) is 0 Å². The van der Waals surface area contributed by atoms with Gasteiger partial charge in [-0.3, -0.25) is 0 Å². The first kappa shape index (κ1) is 12.3. The van der Waals surface area contributed by atoms with Crippen molar-refractivity contribution in [1.82, 2.24) is 4.57 Å². The minimum atomic E-state index is 0.844. The molecule has 0 aliphatic carbocycles. The van der Waals surface area contributed by atoms with E-state index in [-0.39, 0.29) is 0 Å². The van der Waals surface area contributed by atoms with E-state index in [0.29, 0.717) is 0 Å². The van der Waals surface area contributed by atoms with Crippen LogP contribution in [0.15, 0.2) is 12.4 Å². The zero-order valence-corrected chi connectivity index (χ0v) is 10.7. The van der Waals surface area contributed by atoms with E-state index >= 15 is 0 Å². The molecule has 1 unspecified atom stereocenters.